The van der Waals surface area contributed by atoms with Crippen LogP contribution >= 0.6 is 11.6 Å². The van der Waals surface area contributed by atoms with E-state index >= 15 is 0 Å². The van der Waals surface area contributed by atoms with Gasteiger partial charge in [-0.15, -0.1) is 0 Å². The molecule has 0 unspecified atom stereocenters. The van der Waals surface area contributed by atoms with Crippen molar-refractivity contribution >= 4 is 22.6 Å². The minimum Gasteiger partial charge on any atom is -0.276 e. The summed E-state index contributed by atoms with van der Waals surface area (Å²) in [5.74, 6) is -0.171. The molecular formula is C27H26ClFN6O2. The number of aromatic nitrogens is 6. The lowest BCUT2D eigenvalue weighted by molar-refractivity contribution is 0.498. The van der Waals surface area contributed by atoms with E-state index in [-0.39, 0.29) is 29.3 Å². The third kappa shape index (κ3) is 4.40. The number of benzene rings is 2. The van der Waals surface area contributed by atoms with Gasteiger partial charge in [0.25, 0.3) is 5.56 Å². The zero-order valence-corrected chi connectivity index (χ0v) is 21.7. The highest BCUT2D eigenvalue weighted by Crippen LogP contribution is 2.32. The molecule has 0 saturated heterocycles. The van der Waals surface area contributed by atoms with Gasteiger partial charge in [-0.1, -0.05) is 61.8 Å². The van der Waals surface area contributed by atoms with Crippen LogP contribution in [0.3, 0.4) is 0 Å². The van der Waals surface area contributed by atoms with Crippen molar-refractivity contribution in [2.24, 2.45) is 20.0 Å². The zero-order chi connectivity index (χ0) is 26.4. The topological polar surface area (TPSA) is 79.6 Å². The van der Waals surface area contributed by atoms with Crippen molar-refractivity contribution in [3.05, 3.63) is 92.0 Å². The Morgan fingerprint density at radius 2 is 1.70 bits per heavy atom. The van der Waals surface area contributed by atoms with E-state index < -0.39 is 11.2 Å². The standard InChI is InChI=1S/C27H26ClFN6O2/c1-16(2)13-34-25-22(26(36)33(4)27(34)37)24(23-21(28)15-32(3)30-23)35(31-25)14-18-7-5-6-8-20(18)17-9-11-19(29)12-10-17/h5-12,15-16H,13-14H2,1-4H3. The summed E-state index contributed by atoms with van der Waals surface area (Å²) in [6.07, 6.45) is 1.65. The van der Waals surface area contributed by atoms with Crippen LogP contribution in [0.15, 0.2) is 64.3 Å². The molecule has 2 aromatic carbocycles. The quantitative estimate of drug-likeness (QED) is 0.331. The van der Waals surface area contributed by atoms with Crippen LogP contribution in [0.1, 0.15) is 19.4 Å². The maximum Gasteiger partial charge on any atom is 0.332 e. The van der Waals surface area contributed by atoms with E-state index in [2.05, 4.69) is 5.10 Å². The van der Waals surface area contributed by atoms with Crippen LogP contribution in [0.4, 0.5) is 4.39 Å². The van der Waals surface area contributed by atoms with Crippen LogP contribution in [0.5, 0.6) is 0 Å². The third-order valence-corrected chi connectivity index (χ3v) is 6.55. The molecule has 3 aromatic heterocycles. The molecule has 0 aliphatic heterocycles. The number of rotatable bonds is 6. The fourth-order valence-corrected chi connectivity index (χ4v) is 4.87. The fourth-order valence-electron chi connectivity index (χ4n) is 4.60. The molecule has 0 spiro atoms. The van der Waals surface area contributed by atoms with E-state index in [9.17, 15) is 14.0 Å². The van der Waals surface area contributed by atoms with Crippen molar-refractivity contribution < 1.29 is 4.39 Å². The second kappa shape index (κ2) is 9.48. The Morgan fingerprint density at radius 3 is 2.35 bits per heavy atom. The molecule has 0 saturated carbocycles. The third-order valence-electron chi connectivity index (χ3n) is 6.27. The molecular weight excluding hydrogens is 495 g/mol. The fraction of sp³-hybridized carbons (Fsp3) is 0.259. The van der Waals surface area contributed by atoms with Crippen LogP contribution in [-0.2, 0) is 27.2 Å². The highest BCUT2D eigenvalue weighted by molar-refractivity contribution is 6.33. The minimum atomic E-state index is -0.463. The van der Waals surface area contributed by atoms with Crippen molar-refractivity contribution in [1.82, 2.24) is 28.7 Å². The predicted octanol–water partition coefficient (Wildman–Crippen LogP) is 4.46. The summed E-state index contributed by atoms with van der Waals surface area (Å²) in [5.41, 5.74) is 2.87. The molecule has 0 N–H and O–H groups in total. The SMILES string of the molecule is CC(C)Cn1c(=O)n(C)c(=O)c2c(-c3nn(C)cc3Cl)n(Cc3ccccc3-c3ccc(F)cc3)nc21. The van der Waals surface area contributed by atoms with Crippen LogP contribution in [0, 0.1) is 11.7 Å². The summed E-state index contributed by atoms with van der Waals surface area (Å²) in [7, 11) is 3.21. The average Bonchev–Trinajstić information content (AvgIpc) is 3.39. The molecule has 0 fully saturated rings. The molecule has 0 radical (unpaired) electrons. The van der Waals surface area contributed by atoms with Crippen molar-refractivity contribution in [3.63, 3.8) is 0 Å². The van der Waals surface area contributed by atoms with Crippen LogP contribution in [-0.4, -0.2) is 28.7 Å². The van der Waals surface area contributed by atoms with E-state index in [1.54, 1.807) is 34.7 Å². The monoisotopic (exact) mass is 520 g/mol. The first kappa shape index (κ1) is 24.7. The molecule has 0 aliphatic rings. The van der Waals surface area contributed by atoms with Gasteiger partial charge in [0.2, 0.25) is 0 Å². The highest BCUT2D eigenvalue weighted by Gasteiger charge is 2.26. The second-order valence-electron chi connectivity index (χ2n) is 9.52. The zero-order valence-electron chi connectivity index (χ0n) is 20.9. The summed E-state index contributed by atoms with van der Waals surface area (Å²) in [4.78, 5) is 26.6. The van der Waals surface area contributed by atoms with E-state index in [1.807, 2.05) is 38.1 Å². The maximum atomic E-state index is 13.6. The molecule has 3 heterocycles. The Kier molecular flexibility index (Phi) is 6.33. The lowest BCUT2D eigenvalue weighted by Gasteiger charge is -2.12. The number of fused-ring (bicyclic) bond motifs is 1. The molecule has 10 heteroatoms. The number of nitrogens with zero attached hydrogens (tertiary/aromatic N) is 6. The van der Waals surface area contributed by atoms with Gasteiger partial charge in [0, 0.05) is 26.8 Å². The molecule has 0 amide bonds. The summed E-state index contributed by atoms with van der Waals surface area (Å²) < 4.78 is 19.5. The largest absolute Gasteiger partial charge is 0.332 e. The summed E-state index contributed by atoms with van der Waals surface area (Å²) >= 11 is 6.56. The first-order valence-corrected chi connectivity index (χ1v) is 12.3. The number of halogens is 2. The molecule has 0 bridgehead atoms. The van der Waals surface area contributed by atoms with Gasteiger partial charge in [-0.25, -0.2) is 9.18 Å². The van der Waals surface area contributed by atoms with Crippen LogP contribution in [0.25, 0.3) is 33.5 Å². The Balaban J connectivity index is 1.80. The van der Waals surface area contributed by atoms with Crippen molar-refractivity contribution in [1.29, 1.82) is 0 Å². The Morgan fingerprint density at radius 1 is 1.00 bits per heavy atom. The van der Waals surface area contributed by atoms with E-state index in [4.69, 9.17) is 16.7 Å². The van der Waals surface area contributed by atoms with E-state index in [0.29, 0.717) is 23.0 Å². The minimum absolute atomic E-state index is 0.143. The average molecular weight is 521 g/mol. The number of aryl methyl sites for hydroxylation is 1. The van der Waals surface area contributed by atoms with Crippen molar-refractivity contribution in [2.75, 3.05) is 0 Å². The van der Waals surface area contributed by atoms with Gasteiger partial charge >= 0.3 is 5.69 Å². The van der Waals surface area contributed by atoms with E-state index in [1.165, 1.54) is 23.7 Å². The summed E-state index contributed by atoms with van der Waals surface area (Å²) in [6.45, 7) is 4.65. The van der Waals surface area contributed by atoms with Gasteiger partial charge in [-0.3, -0.25) is 23.3 Å². The number of hydrogen-bond acceptors (Lipinski definition) is 4. The normalized spacial score (nSPS) is 11.6. The first-order chi connectivity index (χ1) is 17.7. The maximum absolute atomic E-state index is 13.6. The van der Waals surface area contributed by atoms with Gasteiger partial charge in [-0.2, -0.15) is 10.2 Å². The molecule has 5 aromatic rings. The van der Waals surface area contributed by atoms with E-state index in [0.717, 1.165) is 21.3 Å². The van der Waals surface area contributed by atoms with Gasteiger partial charge < -0.3 is 0 Å². The highest BCUT2D eigenvalue weighted by atomic mass is 35.5. The molecule has 0 atom stereocenters. The van der Waals surface area contributed by atoms with Crippen LogP contribution < -0.4 is 11.2 Å². The summed E-state index contributed by atoms with van der Waals surface area (Å²) in [5, 5.41) is 9.97. The molecule has 8 nitrogen and oxygen atoms in total. The number of hydrogen-bond donors (Lipinski definition) is 0. The Hall–Kier alpha value is -3.98. The Labute approximate surface area is 217 Å². The van der Waals surface area contributed by atoms with Crippen LogP contribution in [0.2, 0.25) is 5.02 Å². The molecule has 190 valence electrons. The van der Waals surface area contributed by atoms with Gasteiger partial charge in [0.05, 0.1) is 11.6 Å². The smallest absolute Gasteiger partial charge is 0.276 e. The predicted molar refractivity (Wildman–Crippen MR) is 142 cm³/mol. The first-order valence-electron chi connectivity index (χ1n) is 11.9. The lowest BCUT2D eigenvalue weighted by Crippen LogP contribution is -2.38. The molecule has 37 heavy (non-hydrogen) atoms. The second-order valence-corrected chi connectivity index (χ2v) is 9.93. The van der Waals surface area contributed by atoms with Gasteiger partial charge in [0.1, 0.15) is 22.6 Å². The molecule has 0 aliphatic carbocycles. The van der Waals surface area contributed by atoms with Gasteiger partial charge in [-0.05, 0) is 34.7 Å². The Bertz CT molecular complexity index is 1740. The van der Waals surface area contributed by atoms with Gasteiger partial charge in [0.15, 0.2) is 5.65 Å². The summed E-state index contributed by atoms with van der Waals surface area (Å²) in [6, 6.07) is 14.0. The molecule has 5 rings (SSSR count). The van der Waals surface area contributed by atoms with Crippen molar-refractivity contribution in [3.8, 4) is 22.5 Å². The van der Waals surface area contributed by atoms with Crippen molar-refractivity contribution in [2.45, 2.75) is 26.9 Å². The lowest BCUT2D eigenvalue weighted by atomic mass is 9.99.